The van der Waals surface area contributed by atoms with Crippen LogP contribution < -0.4 is 5.32 Å². The number of hydrogen-bond acceptors (Lipinski definition) is 5. The number of likely N-dealkylation sites (tertiary alicyclic amines) is 1. The molecule has 23 heavy (non-hydrogen) atoms. The van der Waals surface area contributed by atoms with Crippen LogP contribution in [-0.4, -0.2) is 55.2 Å². The van der Waals surface area contributed by atoms with Gasteiger partial charge in [0.05, 0.1) is 29.9 Å². The van der Waals surface area contributed by atoms with Crippen LogP contribution in [0.2, 0.25) is 0 Å². The summed E-state index contributed by atoms with van der Waals surface area (Å²) in [5, 5.41) is 3.54. The molecule has 1 N–H and O–H groups in total. The lowest BCUT2D eigenvalue weighted by Crippen LogP contribution is -2.50. The Morgan fingerprint density at radius 2 is 2.13 bits per heavy atom. The molecule has 3 aliphatic rings. The van der Waals surface area contributed by atoms with Crippen molar-refractivity contribution in [2.24, 2.45) is 5.41 Å². The number of hydrogen-bond donors (Lipinski definition) is 1. The molecule has 6 nitrogen and oxygen atoms in total. The number of morpholine rings is 1. The van der Waals surface area contributed by atoms with Crippen LogP contribution in [0.4, 0.5) is 0 Å². The van der Waals surface area contributed by atoms with Gasteiger partial charge in [0.1, 0.15) is 6.61 Å². The first-order valence-corrected chi connectivity index (χ1v) is 8.49. The normalized spacial score (nSPS) is 35.2. The summed E-state index contributed by atoms with van der Waals surface area (Å²) < 4.78 is 10.7. The van der Waals surface area contributed by atoms with Crippen molar-refractivity contribution in [3.63, 3.8) is 0 Å². The smallest absolute Gasteiger partial charge is 0.336 e. The quantitative estimate of drug-likeness (QED) is 0.788. The number of ether oxygens (including phenoxy) is 2. The van der Waals surface area contributed by atoms with Crippen LogP contribution in [-0.2, 0) is 19.1 Å². The maximum Gasteiger partial charge on any atom is 0.336 e. The third-order valence-electron chi connectivity index (χ3n) is 5.44. The van der Waals surface area contributed by atoms with E-state index >= 15 is 0 Å². The van der Waals surface area contributed by atoms with Crippen LogP contribution in [0.5, 0.6) is 0 Å². The molecular weight excluding hydrogens is 296 g/mol. The molecule has 3 atom stereocenters. The highest BCUT2D eigenvalue weighted by Crippen LogP contribution is 2.42. The molecule has 0 radical (unpaired) electrons. The molecule has 3 unspecified atom stereocenters. The molecule has 3 rings (SSSR count). The molecule has 0 spiro atoms. The zero-order valence-corrected chi connectivity index (χ0v) is 14.2. The number of nitrogens with one attached hydrogen (secondary N) is 1. The van der Waals surface area contributed by atoms with Gasteiger partial charge in [-0.3, -0.25) is 4.79 Å². The fraction of sp³-hybridized carbons (Fsp3) is 0.765. The van der Waals surface area contributed by atoms with Crippen LogP contribution in [0.3, 0.4) is 0 Å². The summed E-state index contributed by atoms with van der Waals surface area (Å²) in [5.74, 6) is -0.175. The van der Waals surface area contributed by atoms with Crippen LogP contribution in [0.25, 0.3) is 0 Å². The molecule has 0 bridgehead atoms. The maximum absolute atomic E-state index is 13.1. The first-order valence-electron chi connectivity index (χ1n) is 8.49. The zero-order valence-electron chi connectivity index (χ0n) is 14.2. The van der Waals surface area contributed by atoms with Crippen molar-refractivity contribution in [2.45, 2.75) is 52.1 Å². The van der Waals surface area contributed by atoms with Gasteiger partial charge in [0.2, 0.25) is 5.91 Å². The summed E-state index contributed by atoms with van der Waals surface area (Å²) in [6.45, 7) is 8.18. The molecule has 2 fully saturated rings. The van der Waals surface area contributed by atoms with Gasteiger partial charge in [-0.25, -0.2) is 4.79 Å². The van der Waals surface area contributed by atoms with Gasteiger partial charge in [-0.1, -0.05) is 6.92 Å². The Kier molecular flexibility index (Phi) is 4.47. The van der Waals surface area contributed by atoms with E-state index in [9.17, 15) is 9.59 Å². The fourth-order valence-electron chi connectivity index (χ4n) is 3.96. The Hall–Kier alpha value is -1.40. The minimum Gasteiger partial charge on any atom is -0.456 e. The lowest BCUT2D eigenvalue weighted by atomic mass is 9.77. The molecule has 0 aromatic rings. The van der Waals surface area contributed by atoms with E-state index in [2.05, 4.69) is 19.2 Å². The summed E-state index contributed by atoms with van der Waals surface area (Å²) in [5.41, 5.74) is 0.950. The van der Waals surface area contributed by atoms with Crippen molar-refractivity contribution in [1.29, 1.82) is 0 Å². The van der Waals surface area contributed by atoms with Crippen molar-refractivity contribution in [1.82, 2.24) is 10.2 Å². The van der Waals surface area contributed by atoms with E-state index < -0.39 is 0 Å². The molecule has 1 amide bonds. The number of nitrogens with zero attached hydrogens (tertiary/aromatic N) is 1. The second-order valence-corrected chi connectivity index (χ2v) is 6.99. The third-order valence-corrected chi connectivity index (χ3v) is 5.44. The highest BCUT2D eigenvalue weighted by Gasteiger charge is 2.48. The van der Waals surface area contributed by atoms with Crippen molar-refractivity contribution in [2.75, 3.05) is 26.4 Å². The molecule has 6 heteroatoms. The van der Waals surface area contributed by atoms with Gasteiger partial charge in [-0.05, 0) is 33.1 Å². The number of amides is 1. The van der Waals surface area contributed by atoms with Crippen molar-refractivity contribution < 1.29 is 19.1 Å². The molecule has 3 aliphatic heterocycles. The van der Waals surface area contributed by atoms with E-state index in [1.54, 1.807) is 11.8 Å². The van der Waals surface area contributed by atoms with E-state index in [1.807, 2.05) is 0 Å². The average Bonchev–Trinajstić information content (AvgIpc) is 3.02. The first kappa shape index (κ1) is 16.5. The summed E-state index contributed by atoms with van der Waals surface area (Å²) in [6.07, 6.45) is 2.40. The highest BCUT2D eigenvalue weighted by molar-refractivity contribution is 5.94. The van der Waals surface area contributed by atoms with Gasteiger partial charge >= 0.3 is 5.97 Å². The van der Waals surface area contributed by atoms with Gasteiger partial charge in [-0.2, -0.15) is 0 Å². The van der Waals surface area contributed by atoms with Gasteiger partial charge in [0.25, 0.3) is 0 Å². The summed E-state index contributed by atoms with van der Waals surface area (Å²) in [7, 11) is 0. The monoisotopic (exact) mass is 322 g/mol. The van der Waals surface area contributed by atoms with Gasteiger partial charge in [0, 0.05) is 18.6 Å². The van der Waals surface area contributed by atoms with E-state index in [4.69, 9.17) is 9.47 Å². The van der Waals surface area contributed by atoms with Gasteiger partial charge < -0.3 is 19.7 Å². The molecule has 0 aromatic heterocycles. The predicted octanol–water partition coefficient (Wildman–Crippen LogP) is 1.21. The largest absolute Gasteiger partial charge is 0.456 e. The number of cyclic esters (lactones) is 1. The number of carbonyl (C=O) groups is 2. The van der Waals surface area contributed by atoms with Crippen LogP contribution in [0, 0.1) is 5.41 Å². The van der Waals surface area contributed by atoms with Gasteiger partial charge in [-0.15, -0.1) is 0 Å². The molecule has 0 aromatic carbocycles. The Balaban J connectivity index is 1.76. The van der Waals surface area contributed by atoms with Crippen molar-refractivity contribution in [3.8, 4) is 0 Å². The Morgan fingerprint density at radius 3 is 2.74 bits per heavy atom. The minimum absolute atomic E-state index is 0.132. The fourth-order valence-corrected chi connectivity index (χ4v) is 3.96. The van der Waals surface area contributed by atoms with Crippen LogP contribution in [0.15, 0.2) is 11.3 Å². The van der Waals surface area contributed by atoms with E-state index in [0.717, 1.165) is 31.6 Å². The van der Waals surface area contributed by atoms with E-state index in [0.29, 0.717) is 24.8 Å². The lowest BCUT2D eigenvalue weighted by Gasteiger charge is -2.35. The first-order chi connectivity index (χ1) is 11.0. The Labute approximate surface area is 137 Å². The lowest BCUT2D eigenvalue weighted by molar-refractivity contribution is -0.138. The molecule has 2 saturated heterocycles. The SMILES string of the molecule is CCC1(CC2COCC(C)N2)CCN(C2=C(C)C(=O)OC2)C1=O. The minimum atomic E-state index is -0.364. The third kappa shape index (κ3) is 2.90. The Morgan fingerprint density at radius 1 is 1.35 bits per heavy atom. The molecule has 3 heterocycles. The standard InChI is InChI=1S/C17H26N2O4/c1-4-17(7-13-9-22-8-11(2)18-13)5-6-19(16(17)21)14-10-23-15(20)12(14)3/h11,13,18H,4-10H2,1-3H3. The van der Waals surface area contributed by atoms with Gasteiger partial charge in [0.15, 0.2) is 0 Å². The molecule has 128 valence electrons. The number of carbonyl (C=O) groups excluding carboxylic acids is 2. The molecule has 0 saturated carbocycles. The Bertz CT molecular complexity index is 545. The number of rotatable bonds is 4. The van der Waals surface area contributed by atoms with E-state index in [-0.39, 0.29) is 29.9 Å². The summed E-state index contributed by atoms with van der Waals surface area (Å²) >= 11 is 0. The second-order valence-electron chi connectivity index (χ2n) is 6.99. The summed E-state index contributed by atoms with van der Waals surface area (Å²) in [6, 6.07) is 0.528. The maximum atomic E-state index is 13.1. The highest BCUT2D eigenvalue weighted by atomic mass is 16.5. The number of esters is 1. The van der Waals surface area contributed by atoms with Crippen molar-refractivity contribution in [3.05, 3.63) is 11.3 Å². The topological polar surface area (TPSA) is 67.9 Å². The predicted molar refractivity (Wildman–Crippen MR) is 84.5 cm³/mol. The summed E-state index contributed by atoms with van der Waals surface area (Å²) in [4.78, 5) is 26.5. The average molecular weight is 322 g/mol. The molecular formula is C17H26N2O4. The van der Waals surface area contributed by atoms with E-state index in [1.165, 1.54) is 0 Å². The molecule has 0 aliphatic carbocycles. The van der Waals surface area contributed by atoms with Crippen LogP contribution in [0.1, 0.15) is 40.0 Å². The van der Waals surface area contributed by atoms with Crippen LogP contribution >= 0.6 is 0 Å². The second kappa shape index (κ2) is 6.24. The zero-order chi connectivity index (χ0) is 16.6. The van der Waals surface area contributed by atoms with Crippen molar-refractivity contribution >= 4 is 11.9 Å².